The molecular weight excluding hydrogens is 364 g/mol. The Bertz CT molecular complexity index is 986. The average molecular weight is 392 g/mol. The van der Waals surface area contributed by atoms with Gasteiger partial charge in [-0.3, -0.25) is 9.59 Å². The summed E-state index contributed by atoms with van der Waals surface area (Å²) in [7, 11) is 0. The molecule has 1 heterocycles. The lowest BCUT2D eigenvalue weighted by Crippen LogP contribution is -2.37. The Balaban J connectivity index is 1.95. The second-order valence-corrected chi connectivity index (χ2v) is 7.23. The lowest BCUT2D eigenvalue weighted by Gasteiger charge is -2.20. The van der Waals surface area contributed by atoms with E-state index >= 15 is 0 Å². The molecule has 1 aromatic heterocycles. The van der Waals surface area contributed by atoms with Crippen molar-refractivity contribution in [3.8, 4) is 5.75 Å². The minimum absolute atomic E-state index is 0.369. The molecular formula is C24H28N2O3. The maximum absolute atomic E-state index is 13.1. The van der Waals surface area contributed by atoms with Crippen molar-refractivity contribution in [1.29, 1.82) is 0 Å². The van der Waals surface area contributed by atoms with Crippen LogP contribution in [0, 0.1) is 6.92 Å². The molecule has 0 radical (unpaired) electrons. The first-order valence-electron chi connectivity index (χ1n) is 10.2. The van der Waals surface area contributed by atoms with Gasteiger partial charge in [-0.2, -0.15) is 0 Å². The number of amides is 1. The zero-order chi connectivity index (χ0) is 20.8. The number of ether oxygens (including phenoxy) is 1. The number of aromatic nitrogens is 1. The normalized spacial score (nSPS) is 10.9. The molecule has 2 aromatic carbocycles. The van der Waals surface area contributed by atoms with E-state index in [1.54, 1.807) is 11.1 Å². The largest absolute Gasteiger partial charge is 0.488 e. The van der Waals surface area contributed by atoms with Gasteiger partial charge in [0.2, 0.25) is 0 Å². The van der Waals surface area contributed by atoms with Crippen LogP contribution in [0.25, 0.3) is 10.9 Å². The Labute approximate surface area is 171 Å². The molecule has 29 heavy (non-hydrogen) atoms. The number of carbonyl (C=O) groups excluding carboxylic acids is 2. The minimum atomic E-state index is -0.492. The molecule has 5 heteroatoms. The molecule has 3 aromatic rings. The summed E-state index contributed by atoms with van der Waals surface area (Å²) >= 11 is 0. The first-order chi connectivity index (χ1) is 14.1. The molecule has 0 unspecified atom stereocenters. The predicted octanol–water partition coefficient (Wildman–Crippen LogP) is 4.89. The number of Topliss-reactive ketones (excluding diaryl/α,β-unsaturated/α-hetero) is 1. The summed E-state index contributed by atoms with van der Waals surface area (Å²) in [5.41, 5.74) is 3.12. The fourth-order valence-electron chi connectivity index (χ4n) is 3.50. The average Bonchev–Trinajstić information content (AvgIpc) is 3.17. The molecule has 0 fully saturated rings. The van der Waals surface area contributed by atoms with Crippen LogP contribution in [0.5, 0.6) is 5.75 Å². The zero-order valence-electron chi connectivity index (χ0n) is 17.3. The van der Waals surface area contributed by atoms with Crippen molar-refractivity contribution >= 4 is 22.6 Å². The van der Waals surface area contributed by atoms with E-state index in [-0.39, 0.29) is 0 Å². The molecule has 0 aliphatic rings. The predicted molar refractivity (Wildman–Crippen MR) is 115 cm³/mol. The quantitative estimate of drug-likeness (QED) is 0.417. The monoisotopic (exact) mass is 392 g/mol. The number of hydrogen-bond acceptors (Lipinski definition) is 3. The number of rotatable bonds is 9. The lowest BCUT2D eigenvalue weighted by molar-refractivity contribution is -0.126. The molecule has 0 spiro atoms. The van der Waals surface area contributed by atoms with Crippen LogP contribution >= 0.6 is 0 Å². The van der Waals surface area contributed by atoms with E-state index in [1.807, 2.05) is 63.2 Å². The van der Waals surface area contributed by atoms with Crippen molar-refractivity contribution in [2.24, 2.45) is 0 Å². The van der Waals surface area contributed by atoms with Crippen molar-refractivity contribution in [2.75, 3.05) is 13.1 Å². The highest BCUT2D eigenvalue weighted by atomic mass is 16.5. The number of carbonyl (C=O) groups is 2. The molecule has 5 nitrogen and oxygen atoms in total. The molecule has 0 saturated carbocycles. The van der Waals surface area contributed by atoms with Crippen molar-refractivity contribution < 1.29 is 14.3 Å². The summed E-state index contributed by atoms with van der Waals surface area (Å²) in [6.07, 6.45) is 3.25. The zero-order valence-corrected chi connectivity index (χ0v) is 17.3. The Morgan fingerprint density at radius 2 is 1.69 bits per heavy atom. The van der Waals surface area contributed by atoms with Gasteiger partial charge < -0.3 is 14.6 Å². The highest BCUT2D eigenvalue weighted by Gasteiger charge is 2.26. The number of benzene rings is 2. The van der Waals surface area contributed by atoms with Gasteiger partial charge in [0.05, 0.1) is 10.9 Å². The third-order valence-electron chi connectivity index (χ3n) is 4.94. The van der Waals surface area contributed by atoms with Gasteiger partial charge in [0.15, 0.2) is 0 Å². The Kier molecular flexibility index (Phi) is 6.70. The van der Waals surface area contributed by atoms with Gasteiger partial charge in [0, 0.05) is 24.8 Å². The van der Waals surface area contributed by atoms with Gasteiger partial charge in [0.25, 0.3) is 11.7 Å². The van der Waals surface area contributed by atoms with Crippen molar-refractivity contribution in [3.05, 3.63) is 65.4 Å². The third kappa shape index (κ3) is 4.50. The Hall–Kier alpha value is -3.08. The van der Waals surface area contributed by atoms with Gasteiger partial charge in [-0.1, -0.05) is 50.2 Å². The van der Waals surface area contributed by atoms with Gasteiger partial charge in [-0.15, -0.1) is 0 Å². The molecule has 1 N–H and O–H groups in total. The Morgan fingerprint density at radius 3 is 2.34 bits per heavy atom. The van der Waals surface area contributed by atoms with Crippen LogP contribution in [-0.2, 0) is 11.4 Å². The second kappa shape index (κ2) is 9.41. The summed E-state index contributed by atoms with van der Waals surface area (Å²) in [5, 5.41) is 0.673. The van der Waals surface area contributed by atoms with Gasteiger partial charge in [0.1, 0.15) is 12.4 Å². The first-order valence-corrected chi connectivity index (χ1v) is 10.2. The van der Waals surface area contributed by atoms with Crippen LogP contribution in [-0.4, -0.2) is 34.7 Å². The number of aryl methyl sites for hydroxylation is 1. The number of ketones is 1. The van der Waals surface area contributed by atoms with E-state index in [2.05, 4.69) is 4.98 Å². The topological polar surface area (TPSA) is 62.4 Å². The van der Waals surface area contributed by atoms with Crippen LogP contribution in [0.15, 0.2) is 48.7 Å². The van der Waals surface area contributed by atoms with Crippen LogP contribution in [0.3, 0.4) is 0 Å². The lowest BCUT2D eigenvalue weighted by atomic mass is 10.0. The van der Waals surface area contributed by atoms with Crippen molar-refractivity contribution in [2.45, 2.75) is 40.2 Å². The van der Waals surface area contributed by atoms with Gasteiger partial charge in [-0.25, -0.2) is 0 Å². The summed E-state index contributed by atoms with van der Waals surface area (Å²) in [6, 6.07) is 13.7. The molecule has 1 amide bonds. The van der Waals surface area contributed by atoms with E-state index in [0.29, 0.717) is 36.4 Å². The van der Waals surface area contributed by atoms with E-state index in [1.165, 1.54) is 0 Å². The third-order valence-corrected chi connectivity index (χ3v) is 4.94. The van der Waals surface area contributed by atoms with E-state index < -0.39 is 11.7 Å². The number of nitrogens with one attached hydrogen (secondary N) is 1. The number of fused-ring (bicyclic) bond motifs is 1. The van der Waals surface area contributed by atoms with Crippen LogP contribution in [0.4, 0.5) is 0 Å². The first kappa shape index (κ1) is 20.6. The Morgan fingerprint density at radius 1 is 1.00 bits per heavy atom. The summed E-state index contributed by atoms with van der Waals surface area (Å²) in [5.74, 6) is -0.306. The van der Waals surface area contributed by atoms with Gasteiger partial charge in [-0.05, 0) is 37.0 Å². The maximum Gasteiger partial charge on any atom is 0.295 e. The molecule has 0 bridgehead atoms. The highest BCUT2D eigenvalue weighted by molar-refractivity contribution is 6.45. The molecule has 0 aliphatic carbocycles. The second-order valence-electron chi connectivity index (χ2n) is 7.23. The van der Waals surface area contributed by atoms with Gasteiger partial charge >= 0.3 is 0 Å². The van der Waals surface area contributed by atoms with E-state index in [0.717, 1.165) is 29.5 Å². The standard InChI is InChI=1S/C24H28N2O3/c1-4-13-26(14-5-2)24(28)22(27)19-15-25-20-12-11-17(3)23(21(19)20)29-16-18-9-7-6-8-10-18/h6-12,15,25H,4-5,13-14,16H2,1-3H3. The smallest absolute Gasteiger partial charge is 0.295 e. The van der Waals surface area contributed by atoms with Crippen molar-refractivity contribution in [1.82, 2.24) is 9.88 Å². The van der Waals surface area contributed by atoms with Crippen LogP contribution < -0.4 is 4.74 Å². The van der Waals surface area contributed by atoms with E-state index in [9.17, 15) is 9.59 Å². The SMILES string of the molecule is CCCN(CCC)C(=O)C(=O)c1c[nH]c2ccc(C)c(OCc3ccccc3)c12. The number of aromatic amines is 1. The molecule has 0 saturated heterocycles. The van der Waals surface area contributed by atoms with Crippen LogP contribution in [0.2, 0.25) is 0 Å². The van der Waals surface area contributed by atoms with Crippen molar-refractivity contribution in [3.63, 3.8) is 0 Å². The molecule has 0 aliphatic heterocycles. The molecule has 3 rings (SSSR count). The molecule has 152 valence electrons. The minimum Gasteiger partial charge on any atom is -0.488 e. The highest BCUT2D eigenvalue weighted by Crippen LogP contribution is 2.33. The fraction of sp³-hybridized carbons (Fsp3) is 0.333. The fourth-order valence-corrected chi connectivity index (χ4v) is 3.50. The molecule has 0 atom stereocenters. The summed E-state index contributed by atoms with van der Waals surface area (Å²) in [4.78, 5) is 30.7. The number of nitrogens with zero attached hydrogens (tertiary/aromatic N) is 1. The number of H-pyrrole nitrogens is 1. The maximum atomic E-state index is 13.1. The van der Waals surface area contributed by atoms with E-state index in [4.69, 9.17) is 4.74 Å². The summed E-state index contributed by atoms with van der Waals surface area (Å²) in [6.45, 7) is 7.51. The van der Waals surface area contributed by atoms with Crippen LogP contribution in [0.1, 0.15) is 48.2 Å². The summed E-state index contributed by atoms with van der Waals surface area (Å²) < 4.78 is 6.12. The number of hydrogen-bond donors (Lipinski definition) is 1.